The van der Waals surface area contributed by atoms with Gasteiger partial charge in [0, 0.05) is 5.69 Å². The van der Waals surface area contributed by atoms with E-state index in [4.69, 9.17) is 5.73 Å². The summed E-state index contributed by atoms with van der Waals surface area (Å²) in [6.07, 6.45) is 1.36. The molecule has 20 heavy (non-hydrogen) atoms. The van der Waals surface area contributed by atoms with Gasteiger partial charge in [0.05, 0.1) is 24.6 Å². The number of ether oxygens (including phenoxy) is 1. The van der Waals surface area contributed by atoms with Gasteiger partial charge in [0.25, 0.3) is 5.91 Å². The number of aromatic nitrogens is 2. The van der Waals surface area contributed by atoms with Gasteiger partial charge < -0.3 is 15.8 Å². The Hall–Kier alpha value is -2.83. The third-order valence-electron chi connectivity index (χ3n) is 2.79. The minimum absolute atomic E-state index is 0.196. The molecule has 0 bridgehead atoms. The number of rotatable bonds is 3. The molecule has 2 rings (SSSR count). The average molecular weight is 274 g/mol. The largest absolute Gasteiger partial charge is 0.465 e. The van der Waals surface area contributed by atoms with Crippen LogP contribution < -0.4 is 11.1 Å². The smallest absolute Gasteiger partial charge is 0.337 e. The van der Waals surface area contributed by atoms with Crippen LogP contribution in [0.2, 0.25) is 0 Å². The van der Waals surface area contributed by atoms with Crippen LogP contribution >= 0.6 is 0 Å². The molecule has 0 saturated carbocycles. The highest BCUT2D eigenvalue weighted by Gasteiger charge is 2.14. The van der Waals surface area contributed by atoms with E-state index in [0.717, 1.165) is 5.56 Å². The molecule has 4 N–H and O–H groups in total. The summed E-state index contributed by atoms with van der Waals surface area (Å²) in [6, 6.07) is 4.84. The van der Waals surface area contributed by atoms with E-state index in [1.54, 1.807) is 25.1 Å². The third kappa shape index (κ3) is 2.61. The molecule has 0 radical (unpaired) electrons. The summed E-state index contributed by atoms with van der Waals surface area (Å²) in [5.74, 6) is -0.822. The molecule has 7 heteroatoms. The van der Waals surface area contributed by atoms with Crippen molar-refractivity contribution < 1.29 is 14.3 Å². The van der Waals surface area contributed by atoms with Gasteiger partial charge in [0.15, 0.2) is 0 Å². The minimum Gasteiger partial charge on any atom is -0.465 e. The number of hydrogen-bond acceptors (Lipinski definition) is 5. The number of anilines is 2. The van der Waals surface area contributed by atoms with Crippen LogP contribution in [-0.2, 0) is 4.74 Å². The normalized spacial score (nSPS) is 10.1. The van der Waals surface area contributed by atoms with Crippen LogP contribution in [0.3, 0.4) is 0 Å². The average Bonchev–Trinajstić information content (AvgIpc) is 2.86. The van der Waals surface area contributed by atoms with Gasteiger partial charge in [-0.25, -0.2) is 4.79 Å². The second-order valence-corrected chi connectivity index (χ2v) is 4.18. The van der Waals surface area contributed by atoms with Crippen molar-refractivity contribution in [1.29, 1.82) is 0 Å². The highest BCUT2D eigenvalue weighted by atomic mass is 16.5. The zero-order chi connectivity index (χ0) is 14.7. The van der Waals surface area contributed by atoms with Crippen molar-refractivity contribution >= 4 is 23.3 Å². The van der Waals surface area contributed by atoms with Crippen LogP contribution in [-0.4, -0.2) is 29.2 Å². The van der Waals surface area contributed by atoms with Crippen LogP contribution in [0.25, 0.3) is 0 Å². The predicted octanol–water partition coefficient (Wildman–Crippen LogP) is 1.34. The summed E-state index contributed by atoms with van der Waals surface area (Å²) in [6.45, 7) is 1.78. The second kappa shape index (κ2) is 5.43. The molecule has 0 atom stereocenters. The van der Waals surface area contributed by atoms with Gasteiger partial charge in [-0.2, -0.15) is 5.10 Å². The number of amides is 1. The maximum absolute atomic E-state index is 12.0. The Morgan fingerprint density at radius 2 is 2.15 bits per heavy atom. The van der Waals surface area contributed by atoms with E-state index in [0.29, 0.717) is 11.3 Å². The summed E-state index contributed by atoms with van der Waals surface area (Å²) < 4.78 is 4.63. The quantitative estimate of drug-likeness (QED) is 0.731. The van der Waals surface area contributed by atoms with Crippen LogP contribution in [0.5, 0.6) is 0 Å². The van der Waals surface area contributed by atoms with Gasteiger partial charge in [0.1, 0.15) is 5.69 Å². The molecule has 1 aromatic heterocycles. The van der Waals surface area contributed by atoms with E-state index in [1.165, 1.54) is 13.3 Å². The Morgan fingerprint density at radius 3 is 2.70 bits per heavy atom. The van der Waals surface area contributed by atoms with Gasteiger partial charge in [-0.05, 0) is 30.7 Å². The lowest BCUT2D eigenvalue weighted by Gasteiger charge is -2.09. The molecule has 104 valence electrons. The predicted molar refractivity (Wildman–Crippen MR) is 73.5 cm³/mol. The van der Waals surface area contributed by atoms with Gasteiger partial charge in [-0.1, -0.05) is 0 Å². The van der Waals surface area contributed by atoms with Crippen molar-refractivity contribution in [3.8, 4) is 0 Å². The number of carbonyl (C=O) groups is 2. The standard InChI is InChI=1S/C13H14N4O3/c1-7-5-8(13(19)20-2)3-4-10(7)16-12(18)11-9(14)6-15-17-11/h3-6H,14H2,1-2H3,(H,15,17)(H,16,18). The van der Waals surface area contributed by atoms with Gasteiger partial charge in [0.2, 0.25) is 0 Å². The Bertz CT molecular complexity index is 663. The molecule has 7 nitrogen and oxygen atoms in total. The van der Waals surface area contributed by atoms with E-state index in [1.807, 2.05) is 0 Å². The number of nitrogens with two attached hydrogens (primary N) is 1. The number of nitrogens with zero attached hydrogens (tertiary/aromatic N) is 1. The maximum Gasteiger partial charge on any atom is 0.337 e. The Morgan fingerprint density at radius 1 is 1.40 bits per heavy atom. The Kier molecular flexibility index (Phi) is 3.69. The fourth-order valence-electron chi connectivity index (χ4n) is 1.71. The molecular weight excluding hydrogens is 260 g/mol. The summed E-state index contributed by atoms with van der Waals surface area (Å²) >= 11 is 0. The first kappa shape index (κ1) is 13.6. The highest BCUT2D eigenvalue weighted by molar-refractivity contribution is 6.06. The first-order valence-electron chi connectivity index (χ1n) is 5.82. The van der Waals surface area contributed by atoms with Crippen LogP contribution in [0.15, 0.2) is 24.4 Å². The van der Waals surface area contributed by atoms with Crippen molar-refractivity contribution in [3.05, 3.63) is 41.2 Å². The number of nitrogen functional groups attached to an aromatic ring is 1. The molecule has 0 unspecified atom stereocenters. The molecule has 1 amide bonds. The lowest BCUT2D eigenvalue weighted by Crippen LogP contribution is -2.15. The maximum atomic E-state index is 12.0. The summed E-state index contributed by atoms with van der Waals surface area (Å²) in [5.41, 5.74) is 7.80. The summed E-state index contributed by atoms with van der Waals surface area (Å²) in [5, 5.41) is 8.90. The fourth-order valence-corrected chi connectivity index (χ4v) is 1.71. The molecule has 0 saturated heterocycles. The van der Waals surface area contributed by atoms with Crippen molar-refractivity contribution in [2.45, 2.75) is 6.92 Å². The van der Waals surface area contributed by atoms with Crippen LogP contribution in [0.1, 0.15) is 26.4 Å². The molecule has 0 spiro atoms. The minimum atomic E-state index is -0.427. The van der Waals surface area contributed by atoms with Crippen molar-refractivity contribution in [3.63, 3.8) is 0 Å². The summed E-state index contributed by atoms with van der Waals surface area (Å²) in [4.78, 5) is 23.4. The van der Waals surface area contributed by atoms with E-state index in [2.05, 4.69) is 20.3 Å². The van der Waals surface area contributed by atoms with E-state index < -0.39 is 11.9 Å². The van der Waals surface area contributed by atoms with Crippen LogP contribution in [0, 0.1) is 6.92 Å². The Labute approximate surface area is 115 Å². The number of hydrogen-bond donors (Lipinski definition) is 3. The number of nitrogens with one attached hydrogen (secondary N) is 2. The topological polar surface area (TPSA) is 110 Å². The number of H-pyrrole nitrogens is 1. The zero-order valence-corrected chi connectivity index (χ0v) is 11.1. The van der Waals surface area contributed by atoms with E-state index >= 15 is 0 Å². The third-order valence-corrected chi connectivity index (χ3v) is 2.79. The molecule has 2 aromatic rings. The molecule has 0 aliphatic rings. The Balaban J connectivity index is 2.20. The van der Waals surface area contributed by atoms with Gasteiger partial charge in [-0.15, -0.1) is 0 Å². The van der Waals surface area contributed by atoms with Crippen LogP contribution in [0.4, 0.5) is 11.4 Å². The van der Waals surface area contributed by atoms with E-state index in [9.17, 15) is 9.59 Å². The lowest BCUT2D eigenvalue weighted by molar-refractivity contribution is 0.0600. The number of esters is 1. The highest BCUT2D eigenvalue weighted by Crippen LogP contribution is 2.18. The zero-order valence-electron chi connectivity index (χ0n) is 11.1. The molecule has 1 heterocycles. The SMILES string of the molecule is COC(=O)c1ccc(NC(=O)c2[nH]ncc2N)c(C)c1. The van der Waals surface area contributed by atoms with E-state index in [-0.39, 0.29) is 11.4 Å². The molecule has 0 aliphatic carbocycles. The van der Waals surface area contributed by atoms with Crippen molar-refractivity contribution in [2.24, 2.45) is 0 Å². The van der Waals surface area contributed by atoms with Gasteiger partial charge >= 0.3 is 5.97 Å². The summed E-state index contributed by atoms with van der Waals surface area (Å²) in [7, 11) is 1.31. The first-order chi connectivity index (χ1) is 9.52. The molecular formula is C13H14N4O3. The fraction of sp³-hybridized carbons (Fsp3) is 0.154. The number of aromatic amines is 1. The lowest BCUT2D eigenvalue weighted by atomic mass is 10.1. The van der Waals surface area contributed by atoms with Gasteiger partial charge in [-0.3, -0.25) is 9.89 Å². The molecule has 0 fully saturated rings. The van der Waals surface area contributed by atoms with Crippen molar-refractivity contribution in [2.75, 3.05) is 18.2 Å². The number of methoxy groups -OCH3 is 1. The molecule has 0 aliphatic heterocycles. The second-order valence-electron chi connectivity index (χ2n) is 4.18. The van der Waals surface area contributed by atoms with Crippen molar-refractivity contribution in [1.82, 2.24) is 10.2 Å². The monoisotopic (exact) mass is 274 g/mol. The first-order valence-corrected chi connectivity index (χ1v) is 5.82. The number of aryl methyl sites for hydroxylation is 1. The number of benzene rings is 1. The molecule has 1 aromatic carbocycles. The number of carbonyl (C=O) groups excluding carboxylic acids is 2.